The predicted octanol–water partition coefficient (Wildman–Crippen LogP) is 0.633. The smallest absolute Gasteiger partial charge is 0.266 e. The Hall–Kier alpha value is -1.62. The average Bonchev–Trinajstić information content (AvgIpc) is 3.05. The van der Waals surface area contributed by atoms with Gasteiger partial charge < -0.3 is 10.7 Å². The molecule has 1 saturated heterocycles. The number of carbonyl (C=O) groups excluding carboxylic acids is 1. The summed E-state index contributed by atoms with van der Waals surface area (Å²) >= 11 is 5.93. The molecule has 0 saturated carbocycles. The zero-order valence-corrected chi connectivity index (χ0v) is 15.3. The Morgan fingerprint density at radius 2 is 2.12 bits per heavy atom. The van der Waals surface area contributed by atoms with E-state index in [1.165, 1.54) is 6.07 Å². The van der Waals surface area contributed by atoms with Crippen LogP contribution in [0, 0.1) is 5.92 Å². The third-order valence-electron chi connectivity index (χ3n) is 4.12. The predicted molar refractivity (Wildman–Crippen MR) is 93.8 cm³/mol. The molecule has 1 aliphatic heterocycles. The van der Waals surface area contributed by atoms with E-state index in [4.69, 9.17) is 17.3 Å². The molecular formula is C14H16ClN3O5S2. The van der Waals surface area contributed by atoms with Crippen molar-refractivity contribution >= 4 is 48.3 Å². The van der Waals surface area contributed by atoms with E-state index in [1.807, 2.05) is 0 Å². The summed E-state index contributed by atoms with van der Waals surface area (Å²) in [6.45, 7) is -0.0347. The summed E-state index contributed by atoms with van der Waals surface area (Å²) in [7, 11) is -7.21. The summed E-state index contributed by atoms with van der Waals surface area (Å²) in [6.07, 6.45) is 0.396. The van der Waals surface area contributed by atoms with Gasteiger partial charge in [0.05, 0.1) is 11.5 Å². The molecule has 0 bridgehead atoms. The van der Waals surface area contributed by atoms with E-state index in [-0.39, 0.29) is 39.9 Å². The van der Waals surface area contributed by atoms with E-state index in [9.17, 15) is 21.6 Å². The van der Waals surface area contributed by atoms with Crippen LogP contribution in [0.2, 0.25) is 5.02 Å². The monoisotopic (exact) mass is 405 g/mol. The van der Waals surface area contributed by atoms with Gasteiger partial charge in [-0.05, 0) is 30.5 Å². The fourth-order valence-electron chi connectivity index (χ4n) is 2.92. The molecule has 4 N–H and O–H groups in total. The summed E-state index contributed by atoms with van der Waals surface area (Å²) in [5.41, 5.74) is 5.45. The van der Waals surface area contributed by atoms with Crippen LogP contribution in [0.4, 0.5) is 0 Å². The fourth-order valence-corrected chi connectivity index (χ4v) is 6.44. The lowest BCUT2D eigenvalue weighted by Crippen LogP contribution is -2.31. The second-order valence-electron chi connectivity index (χ2n) is 6.00. The maximum atomic E-state index is 12.7. The zero-order valence-electron chi connectivity index (χ0n) is 13.0. The Bertz CT molecular complexity index is 1060. The lowest BCUT2D eigenvalue weighted by atomic mass is 10.1. The molecule has 0 radical (unpaired) electrons. The van der Waals surface area contributed by atoms with Gasteiger partial charge >= 0.3 is 0 Å². The van der Waals surface area contributed by atoms with Gasteiger partial charge in [0.25, 0.3) is 5.91 Å². The Labute approximate surface area is 149 Å². The van der Waals surface area contributed by atoms with E-state index in [2.05, 4.69) is 9.71 Å². The number of nitrogens with one attached hydrogen (secondary N) is 2. The molecule has 1 fully saturated rings. The van der Waals surface area contributed by atoms with Crippen LogP contribution in [-0.4, -0.2) is 45.8 Å². The van der Waals surface area contributed by atoms with Crippen LogP contribution in [0.1, 0.15) is 16.9 Å². The summed E-state index contributed by atoms with van der Waals surface area (Å²) in [5, 5.41) is 0.550. The summed E-state index contributed by atoms with van der Waals surface area (Å²) in [5.74, 6) is -1.23. The first kappa shape index (κ1) is 18.2. The molecule has 8 nitrogen and oxygen atoms in total. The van der Waals surface area contributed by atoms with E-state index >= 15 is 0 Å². The molecule has 1 aliphatic rings. The van der Waals surface area contributed by atoms with Gasteiger partial charge in [-0.25, -0.2) is 21.6 Å². The standard InChI is InChI=1S/C14H16ClN3O5S2/c15-9-1-2-11-10(5-9)13(12(18-11)14(16)19)25(22,23)17-6-8-3-4-24(20,21)7-8/h1-2,5,8,17-18H,3-4,6-7H2,(H2,16,19). The topological polar surface area (TPSA) is 139 Å². The van der Waals surface area contributed by atoms with Crippen LogP contribution < -0.4 is 10.5 Å². The molecule has 2 aromatic rings. The minimum absolute atomic E-state index is 0.0347. The summed E-state index contributed by atoms with van der Waals surface area (Å²) < 4.78 is 50.8. The average molecular weight is 406 g/mol. The van der Waals surface area contributed by atoms with Crippen molar-refractivity contribution in [1.82, 2.24) is 9.71 Å². The lowest BCUT2D eigenvalue weighted by Gasteiger charge is -2.11. The van der Waals surface area contributed by atoms with Gasteiger partial charge in [-0.1, -0.05) is 11.6 Å². The number of H-pyrrole nitrogens is 1. The molecular weight excluding hydrogens is 390 g/mol. The maximum absolute atomic E-state index is 12.7. The number of amides is 1. The number of benzene rings is 1. The van der Waals surface area contributed by atoms with Crippen molar-refractivity contribution in [2.45, 2.75) is 11.3 Å². The molecule has 0 spiro atoms. The van der Waals surface area contributed by atoms with Gasteiger partial charge in [0, 0.05) is 22.5 Å². The molecule has 1 atom stereocenters. The van der Waals surface area contributed by atoms with Crippen molar-refractivity contribution < 1.29 is 21.6 Å². The Kier molecular flexibility index (Phi) is 4.56. The number of sulfonamides is 1. The normalized spacial score (nSPS) is 20.1. The van der Waals surface area contributed by atoms with Crippen molar-refractivity contribution in [3.05, 3.63) is 28.9 Å². The number of rotatable bonds is 5. The van der Waals surface area contributed by atoms with Crippen molar-refractivity contribution in [3.63, 3.8) is 0 Å². The van der Waals surface area contributed by atoms with E-state index < -0.39 is 25.8 Å². The Balaban J connectivity index is 1.97. The molecule has 2 heterocycles. The summed E-state index contributed by atoms with van der Waals surface area (Å²) in [4.78, 5) is 14.1. The molecule has 1 aromatic heterocycles. The molecule has 1 aromatic carbocycles. The van der Waals surface area contributed by atoms with Crippen molar-refractivity contribution in [1.29, 1.82) is 0 Å². The highest BCUT2D eigenvalue weighted by Gasteiger charge is 2.31. The molecule has 3 rings (SSSR count). The third kappa shape index (κ3) is 3.66. The fraction of sp³-hybridized carbons (Fsp3) is 0.357. The number of hydrogen-bond donors (Lipinski definition) is 3. The number of halogens is 1. The molecule has 25 heavy (non-hydrogen) atoms. The van der Waals surface area contributed by atoms with Crippen molar-refractivity contribution in [2.75, 3.05) is 18.1 Å². The van der Waals surface area contributed by atoms with Crippen LogP contribution in [0.15, 0.2) is 23.1 Å². The number of fused-ring (bicyclic) bond motifs is 1. The third-order valence-corrected chi connectivity index (χ3v) is 7.70. The number of sulfone groups is 1. The number of carbonyl (C=O) groups is 1. The quantitative estimate of drug-likeness (QED) is 0.669. The highest BCUT2D eigenvalue weighted by Crippen LogP contribution is 2.29. The zero-order chi connectivity index (χ0) is 18.4. The first-order valence-electron chi connectivity index (χ1n) is 7.40. The van der Waals surface area contributed by atoms with Gasteiger partial charge in [-0.2, -0.15) is 0 Å². The molecule has 136 valence electrons. The van der Waals surface area contributed by atoms with Crippen molar-refractivity contribution in [2.24, 2.45) is 11.7 Å². The maximum Gasteiger partial charge on any atom is 0.266 e. The lowest BCUT2D eigenvalue weighted by molar-refractivity contribution is 0.0993. The SMILES string of the molecule is NC(=O)c1[nH]c2ccc(Cl)cc2c1S(=O)(=O)NCC1CCS(=O)(=O)C1. The minimum atomic E-state index is -4.10. The number of primary amides is 1. The van der Waals surface area contributed by atoms with Gasteiger partial charge in [0.2, 0.25) is 10.0 Å². The van der Waals surface area contributed by atoms with Crippen LogP contribution >= 0.6 is 11.6 Å². The Morgan fingerprint density at radius 1 is 1.40 bits per heavy atom. The van der Waals surface area contributed by atoms with Crippen LogP contribution in [-0.2, 0) is 19.9 Å². The van der Waals surface area contributed by atoms with Gasteiger partial charge in [-0.3, -0.25) is 4.79 Å². The second-order valence-corrected chi connectivity index (χ2v) is 10.4. The summed E-state index contributed by atoms with van der Waals surface area (Å²) in [6, 6.07) is 4.53. The molecule has 1 amide bonds. The number of aromatic nitrogens is 1. The van der Waals surface area contributed by atoms with E-state index in [0.29, 0.717) is 17.0 Å². The van der Waals surface area contributed by atoms with E-state index in [0.717, 1.165) is 0 Å². The first-order chi connectivity index (χ1) is 11.6. The van der Waals surface area contributed by atoms with Crippen molar-refractivity contribution in [3.8, 4) is 0 Å². The van der Waals surface area contributed by atoms with Crippen LogP contribution in [0.3, 0.4) is 0 Å². The highest BCUT2D eigenvalue weighted by atomic mass is 35.5. The number of hydrogen-bond acceptors (Lipinski definition) is 5. The molecule has 11 heteroatoms. The first-order valence-corrected chi connectivity index (χ1v) is 11.1. The Morgan fingerprint density at radius 3 is 2.72 bits per heavy atom. The van der Waals surface area contributed by atoms with Gasteiger partial charge in [-0.15, -0.1) is 0 Å². The van der Waals surface area contributed by atoms with Crippen LogP contribution in [0.25, 0.3) is 10.9 Å². The molecule has 0 aliphatic carbocycles. The largest absolute Gasteiger partial charge is 0.364 e. The minimum Gasteiger partial charge on any atom is -0.364 e. The van der Waals surface area contributed by atoms with Gasteiger partial charge in [0.15, 0.2) is 9.84 Å². The van der Waals surface area contributed by atoms with Gasteiger partial charge in [0.1, 0.15) is 10.6 Å². The van der Waals surface area contributed by atoms with Crippen LogP contribution in [0.5, 0.6) is 0 Å². The highest BCUT2D eigenvalue weighted by molar-refractivity contribution is 7.91. The number of nitrogens with two attached hydrogens (primary N) is 1. The second kappa shape index (κ2) is 6.27. The number of aromatic amines is 1. The van der Waals surface area contributed by atoms with E-state index in [1.54, 1.807) is 12.1 Å². The molecule has 1 unspecified atom stereocenters.